The summed E-state index contributed by atoms with van der Waals surface area (Å²) in [5, 5.41) is 19.5. The summed E-state index contributed by atoms with van der Waals surface area (Å²) < 4.78 is 17.5. The highest BCUT2D eigenvalue weighted by Crippen LogP contribution is 2.28. The maximum atomic E-state index is 13.3. The normalized spacial score (nSPS) is 9.73. The molecule has 0 saturated heterocycles. The van der Waals surface area contributed by atoms with E-state index in [4.69, 9.17) is 5.11 Å². The van der Waals surface area contributed by atoms with Gasteiger partial charge < -0.3 is 9.84 Å². The lowest BCUT2D eigenvalue weighted by molar-refractivity contribution is -0.387. The molecule has 0 aromatic heterocycles. The zero-order valence-corrected chi connectivity index (χ0v) is 7.56. The van der Waals surface area contributed by atoms with E-state index in [0.717, 1.165) is 19.2 Å². The van der Waals surface area contributed by atoms with Gasteiger partial charge in [-0.15, -0.1) is 0 Å². The van der Waals surface area contributed by atoms with Crippen molar-refractivity contribution in [2.45, 2.75) is 0 Å². The van der Waals surface area contributed by atoms with Crippen molar-refractivity contribution in [1.29, 1.82) is 0 Å². The Morgan fingerprint density at radius 1 is 1.60 bits per heavy atom. The van der Waals surface area contributed by atoms with Gasteiger partial charge in [0.05, 0.1) is 12.0 Å². The molecule has 0 atom stereocenters. The van der Waals surface area contributed by atoms with Gasteiger partial charge >= 0.3 is 11.7 Å². The number of carbonyl (C=O) groups excluding carboxylic acids is 1. The number of benzene rings is 1. The summed E-state index contributed by atoms with van der Waals surface area (Å²) in [7, 11) is 0.972. The number of phenolic OH excluding ortho intramolecular Hbond substituents is 1. The number of halogens is 1. The van der Waals surface area contributed by atoms with Crippen LogP contribution in [0.2, 0.25) is 0 Å². The minimum Gasteiger partial charge on any atom is -0.507 e. The number of carbonyl (C=O) groups is 1. The van der Waals surface area contributed by atoms with Crippen LogP contribution in [0, 0.1) is 15.9 Å². The van der Waals surface area contributed by atoms with E-state index in [9.17, 15) is 19.3 Å². The molecule has 1 rings (SSSR count). The topological polar surface area (TPSA) is 89.7 Å². The minimum atomic E-state index is -1.41. The second-order valence-electron chi connectivity index (χ2n) is 2.54. The zero-order valence-electron chi connectivity index (χ0n) is 7.56. The Balaban J connectivity index is 3.43. The van der Waals surface area contributed by atoms with E-state index >= 15 is 0 Å². The lowest BCUT2D eigenvalue weighted by Gasteiger charge is -2.03. The Morgan fingerprint density at radius 2 is 2.20 bits per heavy atom. The number of phenols is 1. The quantitative estimate of drug-likeness (QED) is 0.455. The number of hydrogen-bond donors (Lipinski definition) is 1. The molecule has 0 aliphatic rings. The van der Waals surface area contributed by atoms with Crippen LogP contribution in [-0.4, -0.2) is 23.1 Å². The number of hydrogen-bond acceptors (Lipinski definition) is 5. The second-order valence-corrected chi connectivity index (χ2v) is 2.54. The number of methoxy groups -OCH3 is 1. The monoisotopic (exact) mass is 215 g/mol. The molecule has 0 bridgehead atoms. The van der Waals surface area contributed by atoms with Crippen LogP contribution < -0.4 is 0 Å². The first-order valence-electron chi connectivity index (χ1n) is 3.73. The minimum absolute atomic E-state index is 0.704. The van der Waals surface area contributed by atoms with Crippen molar-refractivity contribution >= 4 is 11.7 Å². The fraction of sp³-hybridized carbons (Fsp3) is 0.125. The molecule has 1 N–H and O–H groups in total. The third kappa shape index (κ3) is 1.85. The molecule has 0 fully saturated rings. The van der Waals surface area contributed by atoms with Crippen LogP contribution in [0.1, 0.15) is 10.4 Å². The summed E-state index contributed by atoms with van der Waals surface area (Å²) in [5.74, 6) is -3.29. The SMILES string of the molecule is COC(=O)c1c(O)ccc([N+](=O)[O-])c1F. The fourth-order valence-electron chi connectivity index (χ4n) is 0.992. The van der Waals surface area contributed by atoms with Gasteiger partial charge in [0.25, 0.3) is 0 Å². The molecule has 0 unspecified atom stereocenters. The molecule has 0 saturated carbocycles. The van der Waals surface area contributed by atoms with Crippen molar-refractivity contribution < 1.29 is 24.0 Å². The average Bonchev–Trinajstić information content (AvgIpc) is 2.16. The number of esters is 1. The maximum absolute atomic E-state index is 13.3. The fourth-order valence-corrected chi connectivity index (χ4v) is 0.992. The van der Waals surface area contributed by atoms with E-state index < -0.39 is 33.7 Å². The Morgan fingerprint density at radius 3 is 2.67 bits per heavy atom. The highest BCUT2D eigenvalue weighted by molar-refractivity contribution is 5.93. The van der Waals surface area contributed by atoms with Crippen molar-refractivity contribution in [3.63, 3.8) is 0 Å². The van der Waals surface area contributed by atoms with Crippen molar-refractivity contribution in [3.05, 3.63) is 33.6 Å². The summed E-state index contributed by atoms with van der Waals surface area (Å²) in [4.78, 5) is 20.3. The predicted molar refractivity (Wildman–Crippen MR) is 46.1 cm³/mol. The second kappa shape index (κ2) is 3.91. The van der Waals surface area contributed by atoms with E-state index in [-0.39, 0.29) is 0 Å². The van der Waals surface area contributed by atoms with Crippen LogP contribution in [0.5, 0.6) is 5.75 Å². The van der Waals surface area contributed by atoms with Gasteiger partial charge in [0, 0.05) is 6.07 Å². The lowest BCUT2D eigenvalue weighted by Crippen LogP contribution is -2.07. The summed E-state index contributed by atoms with van der Waals surface area (Å²) in [5.41, 5.74) is -1.74. The van der Waals surface area contributed by atoms with Crippen LogP contribution in [-0.2, 0) is 4.74 Å². The van der Waals surface area contributed by atoms with Gasteiger partial charge in [-0.2, -0.15) is 4.39 Å². The van der Waals surface area contributed by atoms with E-state index in [2.05, 4.69) is 4.74 Å². The summed E-state index contributed by atoms with van der Waals surface area (Å²) in [6.07, 6.45) is 0. The van der Waals surface area contributed by atoms with Gasteiger partial charge in [0.1, 0.15) is 11.3 Å². The number of nitro benzene ring substituents is 1. The molecule has 0 aliphatic carbocycles. The predicted octanol–water partition coefficient (Wildman–Crippen LogP) is 1.23. The van der Waals surface area contributed by atoms with Crippen LogP contribution in [0.15, 0.2) is 12.1 Å². The Bertz CT molecular complexity index is 431. The molecule has 1 aromatic rings. The summed E-state index contributed by atoms with van der Waals surface area (Å²) in [6, 6.07) is 1.62. The van der Waals surface area contributed by atoms with E-state index in [1.807, 2.05) is 0 Å². The number of aromatic hydroxyl groups is 1. The highest BCUT2D eigenvalue weighted by Gasteiger charge is 2.26. The molecule has 0 aliphatic heterocycles. The number of nitro groups is 1. The molecular formula is C8H6FNO5. The van der Waals surface area contributed by atoms with Gasteiger partial charge in [-0.25, -0.2) is 4.79 Å². The molecule has 0 heterocycles. The molecule has 80 valence electrons. The van der Waals surface area contributed by atoms with Gasteiger partial charge in [-0.1, -0.05) is 0 Å². The summed E-state index contributed by atoms with van der Waals surface area (Å²) >= 11 is 0. The average molecular weight is 215 g/mol. The van der Waals surface area contributed by atoms with Crippen molar-refractivity contribution in [1.82, 2.24) is 0 Å². The third-order valence-electron chi connectivity index (χ3n) is 1.69. The number of rotatable bonds is 2. The van der Waals surface area contributed by atoms with Gasteiger partial charge in [0.15, 0.2) is 0 Å². The maximum Gasteiger partial charge on any atom is 0.344 e. The largest absolute Gasteiger partial charge is 0.507 e. The smallest absolute Gasteiger partial charge is 0.344 e. The standard InChI is InChI=1S/C8H6FNO5/c1-15-8(12)6-5(11)3-2-4(7(6)9)10(13)14/h2-3,11H,1H3. The first-order chi connectivity index (χ1) is 6.99. The van der Waals surface area contributed by atoms with E-state index in [1.165, 1.54) is 0 Å². The Kier molecular flexibility index (Phi) is 2.84. The van der Waals surface area contributed by atoms with Crippen molar-refractivity contribution in [3.8, 4) is 5.75 Å². The summed E-state index contributed by atoms with van der Waals surface area (Å²) in [6.45, 7) is 0. The van der Waals surface area contributed by atoms with Crippen molar-refractivity contribution in [2.24, 2.45) is 0 Å². The molecular weight excluding hydrogens is 209 g/mol. The van der Waals surface area contributed by atoms with Crippen LogP contribution >= 0.6 is 0 Å². The van der Waals surface area contributed by atoms with E-state index in [0.29, 0.717) is 0 Å². The molecule has 15 heavy (non-hydrogen) atoms. The Labute approximate surface area is 83.0 Å². The zero-order chi connectivity index (χ0) is 11.6. The number of nitrogens with zero attached hydrogens (tertiary/aromatic N) is 1. The van der Waals surface area contributed by atoms with E-state index in [1.54, 1.807) is 0 Å². The number of ether oxygens (including phenoxy) is 1. The Hall–Kier alpha value is -2.18. The first-order valence-corrected chi connectivity index (χ1v) is 3.73. The molecule has 0 radical (unpaired) electrons. The molecule has 0 amide bonds. The molecule has 6 nitrogen and oxygen atoms in total. The highest BCUT2D eigenvalue weighted by atomic mass is 19.1. The van der Waals surface area contributed by atoms with Gasteiger partial charge in [-0.05, 0) is 6.07 Å². The van der Waals surface area contributed by atoms with Gasteiger partial charge in [0.2, 0.25) is 5.82 Å². The molecule has 7 heteroatoms. The third-order valence-corrected chi connectivity index (χ3v) is 1.69. The van der Waals surface area contributed by atoms with Crippen LogP contribution in [0.3, 0.4) is 0 Å². The van der Waals surface area contributed by atoms with Crippen LogP contribution in [0.4, 0.5) is 10.1 Å². The van der Waals surface area contributed by atoms with Crippen molar-refractivity contribution in [2.75, 3.05) is 7.11 Å². The lowest BCUT2D eigenvalue weighted by atomic mass is 10.1. The van der Waals surface area contributed by atoms with Crippen LogP contribution in [0.25, 0.3) is 0 Å². The molecule has 0 spiro atoms. The van der Waals surface area contributed by atoms with Gasteiger partial charge in [-0.3, -0.25) is 10.1 Å². The first kappa shape index (κ1) is 10.9. The molecule has 1 aromatic carbocycles.